The van der Waals surface area contributed by atoms with Crippen LogP contribution in [0.1, 0.15) is 32.6 Å². The topological polar surface area (TPSA) is 61.4 Å². The summed E-state index contributed by atoms with van der Waals surface area (Å²) in [5.74, 6) is 0.244. The summed E-state index contributed by atoms with van der Waals surface area (Å²) in [6.45, 7) is 4.17. The molecule has 3 unspecified atom stereocenters. The van der Waals surface area contributed by atoms with Gasteiger partial charge in [0.25, 0.3) is 0 Å². The minimum absolute atomic E-state index is 0.327. The van der Waals surface area contributed by atoms with Crippen LogP contribution < -0.4 is 10.6 Å². The van der Waals surface area contributed by atoms with Crippen molar-refractivity contribution < 1.29 is 9.90 Å². The second-order valence-electron chi connectivity index (χ2n) is 5.21. The average Bonchev–Trinajstić information content (AvgIpc) is 2.30. The van der Waals surface area contributed by atoms with Gasteiger partial charge in [-0.15, -0.1) is 0 Å². The summed E-state index contributed by atoms with van der Waals surface area (Å²) in [4.78, 5) is 11.3. The quantitative estimate of drug-likeness (QED) is 0.652. The SMILES string of the molecule is CC1CCC(C2CCNCC2)C(C(=O)O)N1. The number of aliphatic carboxylic acids is 1. The van der Waals surface area contributed by atoms with Crippen LogP contribution in [-0.4, -0.2) is 36.2 Å². The normalized spacial score (nSPS) is 37.2. The fraction of sp³-hybridized carbons (Fsp3) is 0.917. The average molecular weight is 226 g/mol. The summed E-state index contributed by atoms with van der Waals surface area (Å²) in [5.41, 5.74) is 0. The molecule has 92 valence electrons. The van der Waals surface area contributed by atoms with Gasteiger partial charge >= 0.3 is 5.97 Å². The van der Waals surface area contributed by atoms with E-state index >= 15 is 0 Å². The number of rotatable bonds is 2. The zero-order chi connectivity index (χ0) is 11.5. The van der Waals surface area contributed by atoms with Crippen molar-refractivity contribution in [2.75, 3.05) is 13.1 Å². The van der Waals surface area contributed by atoms with Crippen molar-refractivity contribution in [2.45, 2.75) is 44.7 Å². The number of hydrogen-bond donors (Lipinski definition) is 3. The zero-order valence-corrected chi connectivity index (χ0v) is 9.91. The number of piperidine rings is 2. The Kier molecular flexibility index (Phi) is 3.82. The molecule has 3 atom stereocenters. The van der Waals surface area contributed by atoms with Gasteiger partial charge < -0.3 is 15.7 Å². The van der Waals surface area contributed by atoms with Gasteiger partial charge in [-0.05, 0) is 57.5 Å². The van der Waals surface area contributed by atoms with Crippen molar-refractivity contribution in [3.05, 3.63) is 0 Å². The third-order valence-electron chi connectivity index (χ3n) is 4.08. The summed E-state index contributed by atoms with van der Waals surface area (Å²) in [7, 11) is 0. The Morgan fingerprint density at radius 3 is 2.50 bits per heavy atom. The van der Waals surface area contributed by atoms with Crippen LogP contribution in [0.5, 0.6) is 0 Å². The van der Waals surface area contributed by atoms with Gasteiger partial charge in [0.2, 0.25) is 0 Å². The van der Waals surface area contributed by atoms with Gasteiger partial charge in [-0.3, -0.25) is 4.79 Å². The van der Waals surface area contributed by atoms with Gasteiger partial charge in [-0.25, -0.2) is 0 Å². The van der Waals surface area contributed by atoms with Gasteiger partial charge in [0.15, 0.2) is 0 Å². The molecule has 2 heterocycles. The molecular formula is C12H22N2O2. The molecule has 2 aliphatic heterocycles. The van der Waals surface area contributed by atoms with Crippen molar-refractivity contribution in [1.82, 2.24) is 10.6 Å². The van der Waals surface area contributed by atoms with Gasteiger partial charge in [-0.1, -0.05) is 0 Å². The van der Waals surface area contributed by atoms with Crippen LogP contribution in [0.3, 0.4) is 0 Å². The third kappa shape index (κ3) is 2.55. The highest BCUT2D eigenvalue weighted by atomic mass is 16.4. The molecule has 3 N–H and O–H groups in total. The molecule has 0 aromatic carbocycles. The molecule has 2 aliphatic rings. The molecule has 2 rings (SSSR count). The molecule has 4 nitrogen and oxygen atoms in total. The highest BCUT2D eigenvalue weighted by molar-refractivity contribution is 5.74. The van der Waals surface area contributed by atoms with E-state index in [2.05, 4.69) is 17.6 Å². The lowest BCUT2D eigenvalue weighted by Gasteiger charge is -2.40. The van der Waals surface area contributed by atoms with E-state index < -0.39 is 5.97 Å². The fourth-order valence-electron chi connectivity index (χ4n) is 3.16. The van der Waals surface area contributed by atoms with Crippen molar-refractivity contribution in [2.24, 2.45) is 11.8 Å². The Balaban J connectivity index is 2.02. The van der Waals surface area contributed by atoms with Crippen LogP contribution >= 0.6 is 0 Å². The standard InChI is InChI=1S/C12H22N2O2/c1-8-2-3-10(11(14-8)12(15)16)9-4-6-13-7-5-9/h8-11,13-14H,2-7H2,1H3,(H,15,16). The number of hydrogen-bond acceptors (Lipinski definition) is 3. The summed E-state index contributed by atoms with van der Waals surface area (Å²) in [5, 5.41) is 15.9. The second kappa shape index (κ2) is 5.15. The van der Waals surface area contributed by atoms with Crippen LogP contribution in [0.25, 0.3) is 0 Å². The molecule has 0 spiro atoms. The van der Waals surface area contributed by atoms with Crippen LogP contribution in [0.4, 0.5) is 0 Å². The Bertz CT molecular complexity index is 251. The molecule has 0 aliphatic carbocycles. The minimum Gasteiger partial charge on any atom is -0.480 e. The van der Waals surface area contributed by atoms with E-state index in [-0.39, 0.29) is 6.04 Å². The largest absolute Gasteiger partial charge is 0.480 e. The van der Waals surface area contributed by atoms with E-state index in [0.29, 0.717) is 17.9 Å². The first-order chi connectivity index (χ1) is 7.68. The molecule has 0 saturated carbocycles. The van der Waals surface area contributed by atoms with E-state index in [0.717, 1.165) is 38.8 Å². The molecular weight excluding hydrogens is 204 g/mol. The van der Waals surface area contributed by atoms with Crippen molar-refractivity contribution in [3.63, 3.8) is 0 Å². The Hall–Kier alpha value is -0.610. The van der Waals surface area contributed by atoms with Crippen LogP contribution in [0, 0.1) is 11.8 Å². The van der Waals surface area contributed by atoms with Crippen LogP contribution in [0.15, 0.2) is 0 Å². The summed E-state index contributed by atoms with van der Waals surface area (Å²) in [6, 6.07) is 0.0194. The van der Waals surface area contributed by atoms with Crippen LogP contribution in [0.2, 0.25) is 0 Å². The second-order valence-corrected chi connectivity index (χ2v) is 5.21. The number of carboxylic acids is 1. The lowest BCUT2D eigenvalue weighted by atomic mass is 9.75. The Morgan fingerprint density at radius 2 is 1.88 bits per heavy atom. The highest BCUT2D eigenvalue weighted by Gasteiger charge is 2.38. The van der Waals surface area contributed by atoms with Crippen molar-refractivity contribution in [3.8, 4) is 0 Å². The molecule has 0 amide bonds. The maximum absolute atomic E-state index is 11.3. The Morgan fingerprint density at radius 1 is 1.19 bits per heavy atom. The third-order valence-corrected chi connectivity index (χ3v) is 4.08. The molecule has 2 saturated heterocycles. The van der Waals surface area contributed by atoms with Gasteiger partial charge in [0, 0.05) is 6.04 Å². The lowest BCUT2D eigenvalue weighted by molar-refractivity contribution is -0.143. The van der Waals surface area contributed by atoms with E-state index in [4.69, 9.17) is 0 Å². The minimum atomic E-state index is -0.671. The molecule has 4 heteroatoms. The first-order valence-electron chi connectivity index (χ1n) is 6.38. The van der Waals surface area contributed by atoms with E-state index in [9.17, 15) is 9.90 Å². The summed E-state index contributed by atoms with van der Waals surface area (Å²) >= 11 is 0. The van der Waals surface area contributed by atoms with Crippen molar-refractivity contribution >= 4 is 5.97 Å². The summed E-state index contributed by atoms with van der Waals surface area (Å²) in [6.07, 6.45) is 4.43. The monoisotopic (exact) mass is 226 g/mol. The molecule has 0 bridgehead atoms. The zero-order valence-electron chi connectivity index (χ0n) is 9.91. The van der Waals surface area contributed by atoms with Crippen molar-refractivity contribution in [1.29, 1.82) is 0 Å². The van der Waals surface area contributed by atoms with Gasteiger partial charge in [0.05, 0.1) is 0 Å². The smallest absolute Gasteiger partial charge is 0.321 e. The first-order valence-corrected chi connectivity index (χ1v) is 6.38. The van der Waals surface area contributed by atoms with E-state index in [1.54, 1.807) is 0 Å². The molecule has 0 radical (unpaired) electrons. The molecule has 0 aromatic rings. The molecule has 0 aromatic heterocycles. The Labute approximate surface area is 96.8 Å². The summed E-state index contributed by atoms with van der Waals surface area (Å²) < 4.78 is 0. The lowest BCUT2D eigenvalue weighted by Crippen LogP contribution is -2.53. The number of nitrogens with one attached hydrogen (secondary N) is 2. The number of carbonyl (C=O) groups is 1. The van der Waals surface area contributed by atoms with E-state index in [1.165, 1.54) is 0 Å². The van der Waals surface area contributed by atoms with Crippen LogP contribution in [-0.2, 0) is 4.79 Å². The van der Waals surface area contributed by atoms with Gasteiger partial charge in [0.1, 0.15) is 6.04 Å². The van der Waals surface area contributed by atoms with E-state index in [1.807, 2.05) is 0 Å². The molecule has 2 fully saturated rings. The predicted molar refractivity (Wildman–Crippen MR) is 62.3 cm³/mol. The molecule has 16 heavy (non-hydrogen) atoms. The first kappa shape index (κ1) is 11.9. The highest BCUT2D eigenvalue weighted by Crippen LogP contribution is 2.32. The number of carboxylic acid groups (broad SMARTS) is 1. The maximum Gasteiger partial charge on any atom is 0.321 e. The maximum atomic E-state index is 11.3. The predicted octanol–water partition coefficient (Wildman–Crippen LogP) is 0.827. The fourth-order valence-corrected chi connectivity index (χ4v) is 3.16. The van der Waals surface area contributed by atoms with Gasteiger partial charge in [-0.2, -0.15) is 0 Å².